The summed E-state index contributed by atoms with van der Waals surface area (Å²) in [6.45, 7) is 0. The Morgan fingerprint density at radius 3 is 2.40 bits per heavy atom. The van der Waals surface area contributed by atoms with Gasteiger partial charge in [-0.2, -0.15) is 0 Å². The minimum absolute atomic E-state index is 0.257. The second kappa shape index (κ2) is 6.09. The average Bonchev–Trinajstić information content (AvgIpc) is 3.13. The molecule has 4 aromatic heterocycles. The third kappa shape index (κ3) is 2.18. The van der Waals surface area contributed by atoms with E-state index in [-0.39, 0.29) is 5.39 Å². The summed E-state index contributed by atoms with van der Waals surface area (Å²) in [5, 5.41) is 2.72. The van der Waals surface area contributed by atoms with Gasteiger partial charge in [-0.3, -0.25) is 19.6 Å². The summed E-state index contributed by atoms with van der Waals surface area (Å²) < 4.78 is 7.27. The molecule has 142 valence electrons. The number of pyridine rings is 2. The summed E-state index contributed by atoms with van der Waals surface area (Å²) in [6.07, 6.45) is 4.79. The zero-order valence-corrected chi connectivity index (χ0v) is 15.6. The number of fused-ring (bicyclic) bond motifs is 7. The van der Waals surface area contributed by atoms with Crippen molar-refractivity contribution in [3.63, 3.8) is 0 Å². The molecule has 0 aliphatic carbocycles. The van der Waals surface area contributed by atoms with Gasteiger partial charge in [0.15, 0.2) is 5.58 Å². The monoisotopic (exact) mass is 391 g/mol. The minimum atomic E-state index is -0.477. The summed E-state index contributed by atoms with van der Waals surface area (Å²) in [5.74, 6) is 0. The van der Waals surface area contributed by atoms with Crippen molar-refractivity contribution in [3.8, 4) is 5.69 Å². The molecule has 0 spiro atoms. The Balaban J connectivity index is 1.98. The first-order chi connectivity index (χ1) is 14.7. The Bertz CT molecular complexity index is 1730. The molecule has 0 unspecified atom stereocenters. The maximum absolute atomic E-state index is 13.8. The molecular weight excluding hydrogens is 378 g/mol. The lowest BCUT2D eigenvalue weighted by Crippen LogP contribution is -2.28. The lowest BCUT2D eigenvalue weighted by molar-refractivity contribution is 0.672. The lowest BCUT2D eigenvalue weighted by atomic mass is 10.1. The Morgan fingerprint density at radius 1 is 0.733 bits per heavy atom. The third-order valence-electron chi connectivity index (χ3n) is 5.36. The molecule has 0 N–H and O–H groups in total. The van der Waals surface area contributed by atoms with E-state index in [1.54, 1.807) is 42.7 Å². The van der Waals surface area contributed by atoms with Crippen LogP contribution in [-0.4, -0.2) is 14.5 Å². The number of hydrogen-bond acceptors (Lipinski definition) is 5. The van der Waals surface area contributed by atoms with Gasteiger partial charge in [0, 0.05) is 34.7 Å². The molecule has 0 aliphatic heterocycles. The van der Waals surface area contributed by atoms with Crippen molar-refractivity contribution in [2.24, 2.45) is 0 Å². The summed E-state index contributed by atoms with van der Waals surface area (Å²) in [7, 11) is 0. The number of nitrogens with zero attached hydrogens (tertiary/aromatic N) is 3. The highest BCUT2D eigenvalue weighted by Gasteiger charge is 2.19. The molecule has 0 bridgehead atoms. The van der Waals surface area contributed by atoms with Crippen LogP contribution in [-0.2, 0) is 0 Å². The Labute approximate surface area is 168 Å². The highest BCUT2D eigenvalue weighted by molar-refractivity contribution is 6.17. The zero-order valence-electron chi connectivity index (χ0n) is 15.6. The van der Waals surface area contributed by atoms with Crippen molar-refractivity contribution < 1.29 is 4.42 Å². The molecule has 0 amide bonds. The topological polar surface area (TPSA) is 78.0 Å². The molecule has 6 rings (SSSR count). The van der Waals surface area contributed by atoms with E-state index in [9.17, 15) is 9.59 Å². The standard InChI is InChI=1S/C24H13N3O3/c28-23-16-10-11-25-12-17(16)21-20(24(29)27(23)14-6-2-1-3-7-14)22-18(13-26-21)15-8-4-5-9-19(15)30-22/h1-13H. The van der Waals surface area contributed by atoms with Gasteiger partial charge in [-0.05, 0) is 24.3 Å². The normalized spacial score (nSPS) is 11.6. The average molecular weight is 391 g/mol. The molecule has 6 nitrogen and oxygen atoms in total. The second-order valence-electron chi connectivity index (χ2n) is 7.03. The molecule has 6 aromatic rings. The lowest BCUT2D eigenvalue weighted by Gasteiger charge is -2.01. The molecule has 0 radical (unpaired) electrons. The number of hydrogen-bond donors (Lipinski definition) is 0. The van der Waals surface area contributed by atoms with Gasteiger partial charge in [-0.25, -0.2) is 4.57 Å². The maximum atomic E-state index is 13.8. The van der Waals surface area contributed by atoms with Crippen molar-refractivity contribution in [1.29, 1.82) is 0 Å². The number of furan rings is 1. The molecular formula is C24H13N3O3. The first-order valence-electron chi connectivity index (χ1n) is 9.42. The van der Waals surface area contributed by atoms with Gasteiger partial charge in [0.25, 0.3) is 11.1 Å². The van der Waals surface area contributed by atoms with Gasteiger partial charge in [0.1, 0.15) is 11.0 Å². The van der Waals surface area contributed by atoms with E-state index >= 15 is 0 Å². The molecule has 4 heterocycles. The van der Waals surface area contributed by atoms with Gasteiger partial charge in [0.05, 0.1) is 16.6 Å². The van der Waals surface area contributed by atoms with Gasteiger partial charge in [-0.1, -0.05) is 36.4 Å². The quantitative estimate of drug-likeness (QED) is 0.420. The fourth-order valence-corrected chi connectivity index (χ4v) is 3.99. The van der Waals surface area contributed by atoms with Crippen LogP contribution >= 0.6 is 0 Å². The number of benzene rings is 2. The van der Waals surface area contributed by atoms with Crippen LogP contribution in [0.5, 0.6) is 0 Å². The fraction of sp³-hybridized carbons (Fsp3) is 0. The predicted octanol–water partition coefficient (Wildman–Crippen LogP) is 4.19. The molecule has 0 fully saturated rings. The number of para-hydroxylation sites is 2. The molecule has 0 atom stereocenters. The first kappa shape index (κ1) is 16.6. The third-order valence-corrected chi connectivity index (χ3v) is 5.36. The Kier molecular flexibility index (Phi) is 3.37. The summed E-state index contributed by atoms with van der Waals surface area (Å²) in [6, 6.07) is 18.0. The van der Waals surface area contributed by atoms with Crippen LogP contribution < -0.4 is 11.1 Å². The van der Waals surface area contributed by atoms with Gasteiger partial charge >= 0.3 is 0 Å². The van der Waals surface area contributed by atoms with E-state index < -0.39 is 11.1 Å². The van der Waals surface area contributed by atoms with E-state index in [1.807, 2.05) is 30.3 Å². The second-order valence-corrected chi connectivity index (χ2v) is 7.03. The SMILES string of the molecule is O=c1c2ccncc2c2ncc3c4ccccc4oc3c2c(=O)n1-c1ccccc1. The number of aromatic nitrogens is 3. The van der Waals surface area contributed by atoms with Crippen molar-refractivity contribution in [1.82, 2.24) is 14.5 Å². The molecule has 2 aromatic carbocycles. The Hall–Kier alpha value is -4.32. The van der Waals surface area contributed by atoms with E-state index in [2.05, 4.69) is 9.97 Å². The molecule has 30 heavy (non-hydrogen) atoms. The minimum Gasteiger partial charge on any atom is -0.455 e. The fourth-order valence-electron chi connectivity index (χ4n) is 3.99. The summed E-state index contributed by atoms with van der Waals surface area (Å²) >= 11 is 0. The summed E-state index contributed by atoms with van der Waals surface area (Å²) in [5.41, 5.74) is 1.04. The van der Waals surface area contributed by atoms with E-state index in [1.165, 1.54) is 10.8 Å². The van der Waals surface area contributed by atoms with E-state index in [0.29, 0.717) is 33.1 Å². The van der Waals surface area contributed by atoms with Crippen molar-refractivity contribution in [3.05, 3.63) is 100.0 Å². The van der Waals surface area contributed by atoms with Crippen molar-refractivity contribution >= 4 is 43.6 Å². The summed E-state index contributed by atoms with van der Waals surface area (Å²) in [4.78, 5) is 36.0. The van der Waals surface area contributed by atoms with Crippen molar-refractivity contribution in [2.75, 3.05) is 0 Å². The van der Waals surface area contributed by atoms with Gasteiger partial charge in [0.2, 0.25) is 0 Å². The first-order valence-corrected chi connectivity index (χ1v) is 9.42. The largest absolute Gasteiger partial charge is 0.455 e. The van der Waals surface area contributed by atoms with Crippen LogP contribution in [0.1, 0.15) is 0 Å². The highest BCUT2D eigenvalue weighted by Crippen LogP contribution is 2.32. The van der Waals surface area contributed by atoms with Crippen LogP contribution in [0.2, 0.25) is 0 Å². The molecule has 0 saturated heterocycles. The smallest absolute Gasteiger partial charge is 0.271 e. The van der Waals surface area contributed by atoms with Crippen LogP contribution in [0.15, 0.2) is 93.3 Å². The van der Waals surface area contributed by atoms with Crippen LogP contribution in [0.25, 0.3) is 49.3 Å². The van der Waals surface area contributed by atoms with Crippen molar-refractivity contribution in [2.45, 2.75) is 0 Å². The molecule has 0 aliphatic rings. The maximum Gasteiger partial charge on any atom is 0.271 e. The van der Waals surface area contributed by atoms with E-state index in [4.69, 9.17) is 4.42 Å². The van der Waals surface area contributed by atoms with Gasteiger partial charge in [-0.15, -0.1) is 0 Å². The molecule has 0 saturated carbocycles. The molecule has 6 heteroatoms. The predicted molar refractivity (Wildman–Crippen MR) is 116 cm³/mol. The van der Waals surface area contributed by atoms with Crippen LogP contribution in [0, 0.1) is 0 Å². The van der Waals surface area contributed by atoms with Gasteiger partial charge < -0.3 is 4.42 Å². The van der Waals surface area contributed by atoms with E-state index in [0.717, 1.165) is 10.8 Å². The Morgan fingerprint density at radius 2 is 1.53 bits per heavy atom. The van der Waals surface area contributed by atoms with Crippen LogP contribution in [0.3, 0.4) is 0 Å². The number of rotatable bonds is 1. The van der Waals surface area contributed by atoms with Crippen LogP contribution in [0.4, 0.5) is 0 Å². The zero-order chi connectivity index (χ0) is 20.2. The highest BCUT2D eigenvalue weighted by atomic mass is 16.3.